The fourth-order valence-corrected chi connectivity index (χ4v) is 2.38. The number of rotatable bonds is 5. The smallest absolute Gasteiger partial charge is 0.313 e. The van der Waals surface area contributed by atoms with Crippen molar-refractivity contribution in [3.63, 3.8) is 0 Å². The van der Waals surface area contributed by atoms with Gasteiger partial charge in [-0.1, -0.05) is 32.9 Å². The van der Waals surface area contributed by atoms with E-state index in [4.69, 9.17) is 13.9 Å². The fourth-order valence-electron chi connectivity index (χ4n) is 2.38. The molecule has 0 spiro atoms. The van der Waals surface area contributed by atoms with Gasteiger partial charge in [0.05, 0.1) is 11.3 Å². The summed E-state index contributed by atoms with van der Waals surface area (Å²) in [6.07, 6.45) is 2.20. The Morgan fingerprint density at radius 1 is 1.08 bits per heavy atom. The minimum atomic E-state index is -0.345. The van der Waals surface area contributed by atoms with E-state index in [-0.39, 0.29) is 23.1 Å². The van der Waals surface area contributed by atoms with E-state index in [1.54, 1.807) is 26.0 Å². The van der Waals surface area contributed by atoms with Gasteiger partial charge < -0.3 is 13.9 Å². The molecule has 0 amide bonds. The van der Waals surface area contributed by atoms with Crippen LogP contribution in [0.1, 0.15) is 26.3 Å². The molecule has 5 heteroatoms. The third kappa shape index (κ3) is 3.77. The molecule has 0 radical (unpaired) electrons. The number of ether oxygens (including phenoxy) is 2. The molecule has 1 aromatic heterocycles. The van der Waals surface area contributed by atoms with Crippen LogP contribution in [0, 0.1) is 5.92 Å². The van der Waals surface area contributed by atoms with Crippen LogP contribution in [0.4, 0.5) is 0 Å². The number of carbonyl (C=O) groups is 1. The zero-order chi connectivity index (χ0) is 18.7. The highest BCUT2D eigenvalue weighted by Gasteiger charge is 2.13. The molecular weight excluding hydrogens is 332 g/mol. The number of hydrogen-bond donors (Lipinski definition) is 0. The van der Waals surface area contributed by atoms with Crippen LogP contribution in [0.2, 0.25) is 0 Å². The molecule has 0 N–H and O–H groups in total. The second-order valence-electron chi connectivity index (χ2n) is 6.26. The molecule has 0 aliphatic heterocycles. The molecular formula is C21H20O5. The minimum absolute atomic E-state index is 0.105. The predicted octanol–water partition coefficient (Wildman–Crippen LogP) is 4.71. The van der Waals surface area contributed by atoms with E-state index < -0.39 is 0 Å². The summed E-state index contributed by atoms with van der Waals surface area (Å²) in [4.78, 5) is 24.3. The molecule has 0 unspecified atom stereocenters. The molecule has 3 rings (SSSR count). The Balaban J connectivity index is 1.88. The van der Waals surface area contributed by atoms with Gasteiger partial charge in [0.2, 0.25) is 11.2 Å². The number of aryl methyl sites for hydroxylation is 1. The highest BCUT2D eigenvalue weighted by atomic mass is 16.5. The molecule has 26 heavy (non-hydrogen) atoms. The van der Waals surface area contributed by atoms with E-state index in [1.807, 2.05) is 24.3 Å². The summed E-state index contributed by atoms with van der Waals surface area (Å²) >= 11 is 0. The van der Waals surface area contributed by atoms with Crippen molar-refractivity contribution in [1.29, 1.82) is 0 Å². The zero-order valence-electron chi connectivity index (χ0n) is 14.9. The lowest BCUT2D eigenvalue weighted by Crippen LogP contribution is -2.14. The van der Waals surface area contributed by atoms with Gasteiger partial charge in [0.1, 0.15) is 23.3 Å². The number of fused-ring (bicyclic) bond motifs is 1. The molecule has 0 fully saturated rings. The van der Waals surface area contributed by atoms with Crippen molar-refractivity contribution in [3.8, 4) is 17.2 Å². The van der Waals surface area contributed by atoms with Crippen molar-refractivity contribution in [2.75, 3.05) is 0 Å². The molecule has 1 heterocycles. The van der Waals surface area contributed by atoms with Gasteiger partial charge >= 0.3 is 5.97 Å². The lowest BCUT2D eigenvalue weighted by molar-refractivity contribution is -0.137. The Morgan fingerprint density at radius 2 is 1.77 bits per heavy atom. The van der Waals surface area contributed by atoms with E-state index >= 15 is 0 Å². The molecule has 134 valence electrons. The number of benzene rings is 2. The first-order chi connectivity index (χ1) is 12.5. The van der Waals surface area contributed by atoms with E-state index in [0.29, 0.717) is 22.5 Å². The molecule has 0 saturated heterocycles. The second kappa shape index (κ2) is 7.44. The highest BCUT2D eigenvalue weighted by Crippen LogP contribution is 2.24. The number of hydrogen-bond acceptors (Lipinski definition) is 5. The normalized spacial score (nSPS) is 10.9. The minimum Gasteiger partial charge on any atom is -0.460 e. The molecule has 2 aromatic carbocycles. The topological polar surface area (TPSA) is 65.7 Å². The molecule has 0 aliphatic rings. The highest BCUT2D eigenvalue weighted by molar-refractivity contribution is 5.81. The van der Waals surface area contributed by atoms with Gasteiger partial charge in [0.25, 0.3) is 0 Å². The summed E-state index contributed by atoms with van der Waals surface area (Å²) in [6.45, 7) is 5.57. The van der Waals surface area contributed by atoms with Gasteiger partial charge in [-0.3, -0.25) is 9.59 Å². The third-order valence-corrected chi connectivity index (χ3v) is 3.96. The average Bonchev–Trinajstić information content (AvgIpc) is 2.64. The van der Waals surface area contributed by atoms with Crippen molar-refractivity contribution in [2.45, 2.75) is 27.2 Å². The third-order valence-electron chi connectivity index (χ3n) is 3.96. The summed E-state index contributed by atoms with van der Waals surface area (Å²) in [5.41, 5.74) is 1.23. The van der Waals surface area contributed by atoms with Crippen LogP contribution in [0.25, 0.3) is 11.0 Å². The first-order valence-corrected chi connectivity index (χ1v) is 8.52. The van der Waals surface area contributed by atoms with Crippen LogP contribution in [0.3, 0.4) is 0 Å². The summed E-state index contributed by atoms with van der Waals surface area (Å²) in [5, 5.41) is 0.358. The van der Waals surface area contributed by atoms with E-state index in [1.165, 1.54) is 17.9 Å². The van der Waals surface area contributed by atoms with Crippen molar-refractivity contribution in [2.24, 2.45) is 5.92 Å². The molecule has 0 saturated carbocycles. The first kappa shape index (κ1) is 17.7. The standard InChI is InChI=1S/C21H20O5/c1-4-14-5-7-15(8-6-14)25-19-12-24-18-11-16(26-21(23)13(2)3)9-10-17(18)20(19)22/h5-13H,4H2,1-3H3. The van der Waals surface area contributed by atoms with E-state index in [2.05, 4.69) is 6.92 Å². The van der Waals surface area contributed by atoms with Gasteiger partial charge in [-0.25, -0.2) is 0 Å². The Morgan fingerprint density at radius 3 is 2.42 bits per heavy atom. The second-order valence-corrected chi connectivity index (χ2v) is 6.26. The van der Waals surface area contributed by atoms with Crippen LogP contribution in [-0.2, 0) is 11.2 Å². The quantitative estimate of drug-likeness (QED) is 0.491. The maximum Gasteiger partial charge on any atom is 0.313 e. The summed E-state index contributed by atoms with van der Waals surface area (Å²) < 4.78 is 16.4. The summed E-state index contributed by atoms with van der Waals surface area (Å²) in [6, 6.07) is 12.2. The summed E-state index contributed by atoms with van der Waals surface area (Å²) in [5.74, 6) is 0.419. The predicted molar refractivity (Wildman–Crippen MR) is 98.9 cm³/mol. The summed E-state index contributed by atoms with van der Waals surface area (Å²) in [7, 11) is 0. The van der Waals surface area contributed by atoms with Crippen LogP contribution < -0.4 is 14.9 Å². The number of carbonyl (C=O) groups excluding carboxylic acids is 1. The monoisotopic (exact) mass is 352 g/mol. The Labute approximate surface area is 151 Å². The molecule has 0 atom stereocenters. The maximum absolute atomic E-state index is 12.6. The lowest BCUT2D eigenvalue weighted by atomic mass is 10.2. The first-order valence-electron chi connectivity index (χ1n) is 8.52. The Kier molecular flexibility index (Phi) is 5.07. The fraction of sp³-hybridized carbons (Fsp3) is 0.238. The van der Waals surface area contributed by atoms with Crippen LogP contribution in [0.5, 0.6) is 17.2 Å². The average molecular weight is 352 g/mol. The lowest BCUT2D eigenvalue weighted by Gasteiger charge is -2.08. The largest absolute Gasteiger partial charge is 0.460 e. The van der Waals surface area contributed by atoms with E-state index in [0.717, 1.165) is 6.42 Å². The van der Waals surface area contributed by atoms with Crippen LogP contribution in [-0.4, -0.2) is 5.97 Å². The van der Waals surface area contributed by atoms with Crippen molar-refractivity contribution < 1.29 is 18.7 Å². The molecule has 5 nitrogen and oxygen atoms in total. The van der Waals surface area contributed by atoms with Crippen molar-refractivity contribution >= 4 is 16.9 Å². The van der Waals surface area contributed by atoms with Gasteiger partial charge in [-0.15, -0.1) is 0 Å². The molecule has 0 bridgehead atoms. The van der Waals surface area contributed by atoms with Crippen LogP contribution >= 0.6 is 0 Å². The van der Waals surface area contributed by atoms with Gasteiger partial charge in [-0.05, 0) is 36.2 Å². The molecule has 3 aromatic rings. The van der Waals surface area contributed by atoms with Crippen molar-refractivity contribution in [1.82, 2.24) is 0 Å². The van der Waals surface area contributed by atoms with Crippen LogP contribution in [0.15, 0.2) is 57.9 Å². The Hall–Kier alpha value is -3.08. The van der Waals surface area contributed by atoms with E-state index in [9.17, 15) is 9.59 Å². The zero-order valence-corrected chi connectivity index (χ0v) is 14.9. The SMILES string of the molecule is CCc1ccc(Oc2coc3cc(OC(=O)C(C)C)ccc3c2=O)cc1. The van der Waals surface area contributed by atoms with Gasteiger partial charge in [0, 0.05) is 6.07 Å². The van der Waals surface area contributed by atoms with Crippen molar-refractivity contribution in [3.05, 3.63) is 64.5 Å². The number of esters is 1. The molecule has 0 aliphatic carbocycles. The van der Waals surface area contributed by atoms with Gasteiger partial charge in [-0.2, -0.15) is 0 Å². The van der Waals surface area contributed by atoms with Gasteiger partial charge in [0.15, 0.2) is 0 Å². The Bertz CT molecular complexity index is 983. The maximum atomic E-state index is 12.6.